The number of hydrogen-bond donors (Lipinski definition) is 0. The van der Waals surface area contributed by atoms with Gasteiger partial charge >= 0.3 is 0 Å². The molecule has 0 spiro atoms. The fourth-order valence-corrected chi connectivity index (χ4v) is 0.801. The van der Waals surface area contributed by atoms with Crippen molar-refractivity contribution >= 4 is 0 Å². The van der Waals surface area contributed by atoms with Crippen molar-refractivity contribution in [3.63, 3.8) is 0 Å². The van der Waals surface area contributed by atoms with Gasteiger partial charge in [-0.15, -0.1) is 0 Å². The van der Waals surface area contributed by atoms with E-state index in [1.165, 1.54) is 19.3 Å². The van der Waals surface area contributed by atoms with Crippen molar-refractivity contribution in [1.82, 2.24) is 0 Å². The molecular weight excluding hydrogens is 120 g/mol. The quantitative estimate of drug-likeness (QED) is 0.523. The van der Waals surface area contributed by atoms with E-state index in [1.54, 1.807) is 0 Å². The van der Waals surface area contributed by atoms with Crippen molar-refractivity contribution in [2.45, 2.75) is 47.0 Å². The lowest BCUT2D eigenvalue weighted by atomic mass is 9.90. The maximum atomic E-state index is 2.28. The largest absolute Gasteiger partial charge is 0.0888 e. The van der Waals surface area contributed by atoms with E-state index in [0.29, 0.717) is 5.41 Å². The zero-order chi connectivity index (χ0) is 8.04. The second-order valence-electron chi connectivity index (χ2n) is 3.98. The molecule has 0 saturated carbocycles. The third kappa shape index (κ3) is 7.74. The summed E-state index contributed by atoms with van der Waals surface area (Å²) in [6, 6.07) is 0. The first-order valence-corrected chi connectivity index (χ1v) is 4.21. The maximum Gasteiger partial charge on any atom is -0.0346 e. The summed E-state index contributed by atoms with van der Waals surface area (Å²) in [7, 11) is 0. The van der Waals surface area contributed by atoms with Crippen LogP contribution in [0.25, 0.3) is 0 Å². The van der Waals surface area contributed by atoms with Gasteiger partial charge in [-0.2, -0.15) is 0 Å². The van der Waals surface area contributed by atoms with Crippen LogP contribution in [-0.4, -0.2) is 0 Å². The minimum absolute atomic E-state index is 0.498. The summed E-state index contributed by atoms with van der Waals surface area (Å²) < 4.78 is 0. The molecule has 0 bridgehead atoms. The second-order valence-corrected chi connectivity index (χ2v) is 3.98. The molecule has 0 fully saturated rings. The third-order valence-electron chi connectivity index (χ3n) is 1.46. The van der Waals surface area contributed by atoms with Crippen LogP contribution in [0.2, 0.25) is 0 Å². The molecule has 0 unspecified atom stereocenters. The Morgan fingerprint density at radius 2 is 1.70 bits per heavy atom. The molecule has 60 valence electrons. The van der Waals surface area contributed by atoms with Crippen molar-refractivity contribution in [2.24, 2.45) is 5.41 Å². The van der Waals surface area contributed by atoms with Gasteiger partial charge in [0.1, 0.15) is 0 Å². The highest BCUT2D eigenvalue weighted by atomic mass is 14.1. The van der Waals surface area contributed by atoms with Gasteiger partial charge in [0.05, 0.1) is 0 Å². The monoisotopic (exact) mass is 140 g/mol. The first kappa shape index (κ1) is 9.74. The average molecular weight is 140 g/mol. The molecule has 0 heterocycles. The van der Waals surface area contributed by atoms with E-state index in [1.807, 2.05) is 0 Å². The van der Waals surface area contributed by atoms with Crippen LogP contribution in [0.1, 0.15) is 47.0 Å². The highest BCUT2D eigenvalue weighted by Gasteiger charge is 2.06. The van der Waals surface area contributed by atoms with Gasteiger partial charge in [0, 0.05) is 0 Å². The Labute approximate surface area is 65.3 Å². The first-order valence-electron chi connectivity index (χ1n) is 4.21. The summed E-state index contributed by atoms with van der Waals surface area (Å²) in [6.07, 6.45) is 8.22. The zero-order valence-corrected chi connectivity index (χ0v) is 7.78. The van der Waals surface area contributed by atoms with E-state index in [-0.39, 0.29) is 0 Å². The van der Waals surface area contributed by atoms with Crippen LogP contribution >= 0.6 is 0 Å². The minimum atomic E-state index is 0.498. The molecule has 10 heavy (non-hydrogen) atoms. The lowest BCUT2D eigenvalue weighted by Crippen LogP contribution is -2.02. The molecule has 0 atom stereocenters. The van der Waals surface area contributed by atoms with Gasteiger partial charge in [-0.25, -0.2) is 0 Å². The Kier molecular flexibility index (Phi) is 4.42. The predicted octanol–water partition coefficient (Wildman–Crippen LogP) is 3.78. The molecule has 0 aliphatic heterocycles. The van der Waals surface area contributed by atoms with E-state index in [0.717, 1.165) is 0 Å². The lowest BCUT2D eigenvalue weighted by Gasteiger charge is -2.15. The zero-order valence-electron chi connectivity index (χ0n) is 7.78. The first-order chi connectivity index (χ1) is 4.56. The molecule has 0 aromatic heterocycles. The van der Waals surface area contributed by atoms with Gasteiger partial charge in [-0.3, -0.25) is 0 Å². The standard InChI is InChI=1S/C10H20/c1-5-6-7-8-9-10(2,3)4/h6-7H,5,8-9H2,1-4H3. The fourth-order valence-electron chi connectivity index (χ4n) is 0.801. The lowest BCUT2D eigenvalue weighted by molar-refractivity contribution is 0.381. The summed E-state index contributed by atoms with van der Waals surface area (Å²) in [5.41, 5.74) is 0.498. The molecule has 0 radical (unpaired) electrons. The molecule has 0 amide bonds. The number of allylic oxidation sites excluding steroid dienone is 2. The van der Waals surface area contributed by atoms with Crippen LogP contribution in [0, 0.1) is 5.41 Å². The second kappa shape index (κ2) is 4.54. The predicted molar refractivity (Wildman–Crippen MR) is 48.1 cm³/mol. The van der Waals surface area contributed by atoms with Crippen molar-refractivity contribution < 1.29 is 0 Å². The van der Waals surface area contributed by atoms with Gasteiger partial charge in [0.2, 0.25) is 0 Å². The molecule has 0 aliphatic carbocycles. The van der Waals surface area contributed by atoms with E-state index in [4.69, 9.17) is 0 Å². The summed E-state index contributed by atoms with van der Waals surface area (Å²) in [5.74, 6) is 0. The normalized spacial score (nSPS) is 12.8. The third-order valence-corrected chi connectivity index (χ3v) is 1.46. The van der Waals surface area contributed by atoms with Crippen LogP contribution in [-0.2, 0) is 0 Å². The SMILES string of the molecule is CCC=CCCC(C)(C)C. The molecule has 0 aromatic rings. The van der Waals surface area contributed by atoms with E-state index in [9.17, 15) is 0 Å². The molecule has 0 saturated heterocycles. The molecule has 0 N–H and O–H groups in total. The maximum absolute atomic E-state index is 2.28. The van der Waals surface area contributed by atoms with E-state index >= 15 is 0 Å². The minimum Gasteiger partial charge on any atom is -0.0888 e. The van der Waals surface area contributed by atoms with Gasteiger partial charge in [-0.1, -0.05) is 39.8 Å². The van der Waals surface area contributed by atoms with Crippen LogP contribution in [0.5, 0.6) is 0 Å². The highest BCUT2D eigenvalue weighted by Crippen LogP contribution is 2.20. The summed E-state index contributed by atoms with van der Waals surface area (Å²) in [6.45, 7) is 9.03. The number of rotatable bonds is 3. The van der Waals surface area contributed by atoms with Gasteiger partial charge in [0.15, 0.2) is 0 Å². The van der Waals surface area contributed by atoms with Crippen LogP contribution in [0.15, 0.2) is 12.2 Å². The summed E-state index contributed by atoms with van der Waals surface area (Å²) in [5, 5.41) is 0. The Hall–Kier alpha value is -0.260. The summed E-state index contributed by atoms with van der Waals surface area (Å²) in [4.78, 5) is 0. The topological polar surface area (TPSA) is 0 Å². The van der Waals surface area contributed by atoms with Gasteiger partial charge in [-0.05, 0) is 24.7 Å². The molecular formula is C10H20. The Balaban J connectivity index is 3.28. The van der Waals surface area contributed by atoms with Gasteiger partial charge in [0.25, 0.3) is 0 Å². The number of hydrogen-bond acceptors (Lipinski definition) is 0. The Morgan fingerprint density at radius 3 is 2.10 bits per heavy atom. The highest BCUT2D eigenvalue weighted by molar-refractivity contribution is 4.81. The van der Waals surface area contributed by atoms with Crippen LogP contribution in [0.4, 0.5) is 0 Å². The Bertz CT molecular complexity index is 93.1. The molecule has 0 aromatic carbocycles. The molecule has 0 aliphatic rings. The van der Waals surface area contributed by atoms with Crippen molar-refractivity contribution in [3.8, 4) is 0 Å². The average Bonchev–Trinajstić information content (AvgIpc) is 1.78. The van der Waals surface area contributed by atoms with Crippen LogP contribution in [0.3, 0.4) is 0 Å². The van der Waals surface area contributed by atoms with E-state index < -0.39 is 0 Å². The van der Waals surface area contributed by atoms with Gasteiger partial charge < -0.3 is 0 Å². The van der Waals surface area contributed by atoms with E-state index in [2.05, 4.69) is 39.8 Å². The smallest absolute Gasteiger partial charge is 0.0346 e. The molecule has 0 rings (SSSR count). The van der Waals surface area contributed by atoms with Crippen molar-refractivity contribution in [2.75, 3.05) is 0 Å². The Morgan fingerprint density at radius 1 is 1.10 bits per heavy atom. The van der Waals surface area contributed by atoms with Crippen molar-refractivity contribution in [1.29, 1.82) is 0 Å². The summed E-state index contributed by atoms with van der Waals surface area (Å²) >= 11 is 0. The van der Waals surface area contributed by atoms with Crippen molar-refractivity contribution in [3.05, 3.63) is 12.2 Å². The molecule has 0 heteroatoms. The van der Waals surface area contributed by atoms with Crippen LogP contribution < -0.4 is 0 Å². The fraction of sp³-hybridized carbons (Fsp3) is 0.800. The molecule has 0 nitrogen and oxygen atoms in total.